The van der Waals surface area contributed by atoms with Gasteiger partial charge in [0, 0.05) is 0 Å². The first-order valence-electron chi connectivity index (χ1n) is 5.14. The summed E-state index contributed by atoms with van der Waals surface area (Å²) in [6.45, 7) is 2.15. The van der Waals surface area contributed by atoms with Crippen LogP contribution in [-0.2, 0) is 0 Å². The van der Waals surface area contributed by atoms with Crippen LogP contribution >= 0.6 is 0 Å². The minimum Gasteiger partial charge on any atom is -0.390 e. The molecule has 0 spiro atoms. The second-order valence-electron chi connectivity index (χ2n) is 3.88. The van der Waals surface area contributed by atoms with Gasteiger partial charge in [-0.05, 0) is 38.5 Å². The zero-order chi connectivity index (χ0) is 8.86. The molecule has 0 amide bonds. The van der Waals surface area contributed by atoms with Crippen LogP contribution in [-0.4, -0.2) is 10.7 Å². The van der Waals surface area contributed by atoms with Crippen molar-refractivity contribution in [2.75, 3.05) is 0 Å². The lowest BCUT2D eigenvalue weighted by Crippen LogP contribution is -2.28. The van der Waals surface area contributed by atoms with E-state index < -0.39 is 0 Å². The molecule has 70 valence electrons. The molecule has 1 unspecified atom stereocenters. The topological polar surface area (TPSA) is 20.2 Å². The highest BCUT2D eigenvalue weighted by Crippen LogP contribution is 2.27. The summed E-state index contributed by atoms with van der Waals surface area (Å²) in [5.41, 5.74) is -0.348. The lowest BCUT2D eigenvalue weighted by Gasteiger charge is -2.28. The maximum absolute atomic E-state index is 10.1. The number of hydrogen-bond acceptors (Lipinski definition) is 1. The molecule has 0 aromatic rings. The van der Waals surface area contributed by atoms with Crippen LogP contribution in [0.4, 0.5) is 0 Å². The summed E-state index contributed by atoms with van der Waals surface area (Å²) in [7, 11) is 0. The zero-order valence-corrected chi connectivity index (χ0v) is 8.05. The summed E-state index contributed by atoms with van der Waals surface area (Å²) in [6.07, 6.45) is 11.8. The highest BCUT2D eigenvalue weighted by Gasteiger charge is 2.24. The first-order valence-corrected chi connectivity index (χ1v) is 5.14. The molecule has 12 heavy (non-hydrogen) atoms. The number of rotatable bonds is 2. The van der Waals surface area contributed by atoms with E-state index in [2.05, 4.69) is 19.1 Å². The maximum atomic E-state index is 10.1. The smallest absolute Gasteiger partial charge is 0.0650 e. The molecule has 0 aromatic heterocycles. The highest BCUT2D eigenvalue weighted by molar-refractivity contribution is 4.90. The van der Waals surface area contributed by atoms with Gasteiger partial charge in [-0.2, -0.15) is 0 Å². The second-order valence-corrected chi connectivity index (χ2v) is 3.88. The summed E-state index contributed by atoms with van der Waals surface area (Å²) in [4.78, 5) is 0. The van der Waals surface area contributed by atoms with Crippen molar-refractivity contribution in [2.24, 2.45) is 0 Å². The average molecular weight is 168 g/mol. The van der Waals surface area contributed by atoms with Gasteiger partial charge in [0.2, 0.25) is 0 Å². The molecule has 0 bridgehead atoms. The molecule has 0 aliphatic heterocycles. The van der Waals surface area contributed by atoms with E-state index in [4.69, 9.17) is 0 Å². The first kappa shape index (κ1) is 9.79. The van der Waals surface area contributed by atoms with Gasteiger partial charge >= 0.3 is 0 Å². The molecule has 1 N–H and O–H groups in total. The number of hydrogen-bond donors (Lipinski definition) is 1. The van der Waals surface area contributed by atoms with E-state index in [0.29, 0.717) is 0 Å². The molecule has 0 saturated carbocycles. The van der Waals surface area contributed by atoms with Gasteiger partial charge in [0.15, 0.2) is 0 Å². The van der Waals surface area contributed by atoms with E-state index in [0.717, 1.165) is 44.9 Å². The molecule has 0 fully saturated rings. The standard InChI is InChI=1S/C11H20O/c1-2-8-11(12)9-6-4-3-5-7-10-11/h3-4,12H,2,5-10H2,1H3/b4-3-. The molecule has 1 rings (SSSR count). The Kier molecular flexibility index (Phi) is 3.80. The molecule has 1 heteroatoms. The van der Waals surface area contributed by atoms with Gasteiger partial charge in [-0.1, -0.05) is 25.5 Å². The van der Waals surface area contributed by atoms with Crippen molar-refractivity contribution >= 4 is 0 Å². The quantitative estimate of drug-likeness (QED) is 0.628. The van der Waals surface area contributed by atoms with E-state index in [1.807, 2.05) is 0 Å². The second kappa shape index (κ2) is 4.66. The van der Waals surface area contributed by atoms with E-state index in [1.54, 1.807) is 0 Å². The van der Waals surface area contributed by atoms with Crippen LogP contribution in [0.5, 0.6) is 0 Å². The largest absolute Gasteiger partial charge is 0.390 e. The molecule has 1 nitrogen and oxygen atoms in total. The summed E-state index contributed by atoms with van der Waals surface area (Å²) in [6, 6.07) is 0. The van der Waals surface area contributed by atoms with Crippen molar-refractivity contribution < 1.29 is 5.11 Å². The van der Waals surface area contributed by atoms with E-state index >= 15 is 0 Å². The SMILES string of the molecule is CCCC1(O)CC/C=C\CCC1. The van der Waals surface area contributed by atoms with Crippen molar-refractivity contribution in [3.63, 3.8) is 0 Å². The Morgan fingerprint density at radius 2 is 2.00 bits per heavy atom. The monoisotopic (exact) mass is 168 g/mol. The predicted octanol–water partition coefficient (Wildman–Crippen LogP) is 3.04. The van der Waals surface area contributed by atoms with Crippen molar-refractivity contribution in [3.05, 3.63) is 12.2 Å². The van der Waals surface area contributed by atoms with Gasteiger partial charge in [0.05, 0.1) is 5.60 Å². The van der Waals surface area contributed by atoms with Gasteiger partial charge in [-0.25, -0.2) is 0 Å². The Morgan fingerprint density at radius 3 is 2.75 bits per heavy atom. The van der Waals surface area contributed by atoms with Gasteiger partial charge < -0.3 is 5.11 Å². The van der Waals surface area contributed by atoms with Gasteiger partial charge in [0.25, 0.3) is 0 Å². The van der Waals surface area contributed by atoms with Crippen LogP contribution < -0.4 is 0 Å². The summed E-state index contributed by atoms with van der Waals surface area (Å²) in [5.74, 6) is 0. The Hall–Kier alpha value is -0.300. The molecule has 0 saturated heterocycles. The average Bonchev–Trinajstić information content (AvgIpc) is 1.99. The molecule has 1 atom stereocenters. The molecular weight excluding hydrogens is 148 g/mol. The highest BCUT2D eigenvalue weighted by atomic mass is 16.3. The minimum absolute atomic E-state index is 0.348. The van der Waals surface area contributed by atoms with Crippen LogP contribution in [0.15, 0.2) is 12.2 Å². The lowest BCUT2D eigenvalue weighted by atomic mass is 9.86. The van der Waals surface area contributed by atoms with E-state index in [-0.39, 0.29) is 5.60 Å². The van der Waals surface area contributed by atoms with Crippen LogP contribution in [0.25, 0.3) is 0 Å². The van der Waals surface area contributed by atoms with Crippen molar-refractivity contribution in [1.29, 1.82) is 0 Å². The van der Waals surface area contributed by atoms with E-state index in [9.17, 15) is 5.11 Å². The minimum atomic E-state index is -0.348. The molecule has 1 aliphatic rings. The van der Waals surface area contributed by atoms with Crippen molar-refractivity contribution in [1.82, 2.24) is 0 Å². The Balaban J connectivity index is 2.45. The molecular formula is C11H20O. The third-order valence-electron chi connectivity index (χ3n) is 2.67. The Labute approximate surface area is 75.5 Å². The van der Waals surface area contributed by atoms with E-state index in [1.165, 1.54) is 0 Å². The normalized spacial score (nSPS) is 33.8. The Morgan fingerprint density at radius 1 is 1.25 bits per heavy atom. The summed E-state index contributed by atoms with van der Waals surface area (Å²) in [5, 5.41) is 10.1. The molecule has 0 heterocycles. The summed E-state index contributed by atoms with van der Waals surface area (Å²) >= 11 is 0. The number of allylic oxidation sites excluding steroid dienone is 2. The lowest BCUT2D eigenvalue weighted by molar-refractivity contribution is 0.0120. The van der Waals surface area contributed by atoms with Gasteiger partial charge in [0.1, 0.15) is 0 Å². The molecule has 0 aromatic carbocycles. The van der Waals surface area contributed by atoms with Gasteiger partial charge in [-0.15, -0.1) is 0 Å². The van der Waals surface area contributed by atoms with Crippen LogP contribution in [0.1, 0.15) is 51.9 Å². The molecule has 0 radical (unpaired) electrons. The van der Waals surface area contributed by atoms with Crippen LogP contribution in [0.3, 0.4) is 0 Å². The fourth-order valence-corrected chi connectivity index (χ4v) is 1.98. The fourth-order valence-electron chi connectivity index (χ4n) is 1.98. The van der Waals surface area contributed by atoms with Crippen molar-refractivity contribution in [3.8, 4) is 0 Å². The molecule has 1 aliphatic carbocycles. The first-order chi connectivity index (χ1) is 5.77. The Bertz CT molecular complexity index is 151. The summed E-state index contributed by atoms with van der Waals surface area (Å²) < 4.78 is 0. The third-order valence-corrected chi connectivity index (χ3v) is 2.67. The number of aliphatic hydroxyl groups is 1. The third kappa shape index (κ3) is 2.98. The van der Waals surface area contributed by atoms with Crippen LogP contribution in [0, 0.1) is 0 Å². The van der Waals surface area contributed by atoms with Gasteiger partial charge in [-0.3, -0.25) is 0 Å². The fraction of sp³-hybridized carbons (Fsp3) is 0.818. The maximum Gasteiger partial charge on any atom is 0.0650 e. The predicted molar refractivity (Wildman–Crippen MR) is 52.1 cm³/mol. The zero-order valence-electron chi connectivity index (χ0n) is 8.05. The van der Waals surface area contributed by atoms with Crippen LogP contribution in [0.2, 0.25) is 0 Å². The van der Waals surface area contributed by atoms with Crippen molar-refractivity contribution in [2.45, 2.75) is 57.5 Å².